The van der Waals surface area contributed by atoms with Crippen LogP contribution in [0.2, 0.25) is 0 Å². The number of esters is 2. The van der Waals surface area contributed by atoms with Crippen LogP contribution in [0.4, 0.5) is 0 Å². The van der Waals surface area contributed by atoms with Gasteiger partial charge in [-0.1, -0.05) is 47.9 Å². The van der Waals surface area contributed by atoms with Crippen molar-refractivity contribution in [1.29, 1.82) is 0 Å². The number of carbonyl (C=O) groups is 4. The molecule has 10 nitrogen and oxygen atoms in total. The lowest BCUT2D eigenvalue weighted by Gasteiger charge is -2.68. The first-order valence-corrected chi connectivity index (χ1v) is 52.6. The van der Waals surface area contributed by atoms with Gasteiger partial charge < -0.3 is 28.4 Å². The normalized spacial score (nSPS) is 35.4. The molecule has 0 radical (unpaired) electrons. The maximum atomic E-state index is 15.8. The number of ether oxygens (including phenoxy) is 3. The molecule has 4 fully saturated rings. The highest BCUT2D eigenvalue weighted by atomic mass is 33.2. The number of ketones is 2. The molecule has 30 heteroatoms. The van der Waals surface area contributed by atoms with E-state index in [4.69, 9.17) is 23.3 Å². The summed E-state index contributed by atoms with van der Waals surface area (Å²) < 4.78 is 33.8. The van der Waals surface area contributed by atoms with E-state index in [2.05, 4.69) is 98.2 Å². The number of rotatable bonds is 14. The standard InChI is InChI=1S/C29H56O10P20/c1-14-17(38-52(58(50)55(44)45)59(56(46)47)57(48)49)12-29(34)24(36-25(33)16-9-7-6-8-10-16)22-27(5,23(32)21(31)20(14)26(29,3)4)18(39-51(53(40)41)54(42)43)11-19-28(22,13-35-19)37-15(2)30/h6-10,14,17-20,22,24,34H,11-13,40-50H2,1-5H3/t14?,17-,18-,19+,20?,22-,24-,27+,28-,29?,52?,58?/m0/s1. The van der Waals surface area contributed by atoms with Crippen molar-refractivity contribution >= 4 is 186 Å². The Labute approximate surface area is 384 Å². The average Bonchev–Trinajstić information content (AvgIpc) is 3.13. The van der Waals surface area contributed by atoms with E-state index in [0.717, 1.165) is 0 Å². The zero-order chi connectivity index (χ0) is 44.3. The smallest absolute Gasteiger partial charge is 0.338 e. The van der Waals surface area contributed by atoms with Gasteiger partial charge in [0.25, 0.3) is 0 Å². The quantitative estimate of drug-likeness (QED) is 0.109. The number of hydrogen-bond donors (Lipinski definition) is 1. The highest BCUT2D eigenvalue weighted by molar-refractivity contribution is 9.19. The van der Waals surface area contributed by atoms with Crippen LogP contribution in [0.5, 0.6) is 0 Å². The number of benzene rings is 1. The summed E-state index contributed by atoms with van der Waals surface area (Å²) in [6.07, 6.45) is -3.68. The van der Waals surface area contributed by atoms with Crippen molar-refractivity contribution in [2.75, 3.05) is 6.61 Å². The van der Waals surface area contributed by atoms with Crippen molar-refractivity contribution in [3.8, 4) is 0 Å². The minimum Gasteiger partial charge on any atom is -0.455 e. The first kappa shape index (κ1) is 55.9. The van der Waals surface area contributed by atoms with Crippen molar-refractivity contribution in [3.05, 3.63) is 35.9 Å². The number of fused-ring (bicyclic) bond motifs is 5. The van der Waals surface area contributed by atoms with Crippen LogP contribution in [0, 0.1) is 28.6 Å². The Kier molecular flexibility index (Phi) is 21.4. The molecule has 0 amide bonds. The lowest BCUT2D eigenvalue weighted by Crippen LogP contribution is -2.82. The Morgan fingerprint density at radius 3 is 1.88 bits per heavy atom. The molecule has 1 heterocycles. The molecule has 16 unspecified atom stereocenters. The molecule has 1 N–H and O–H groups in total. The van der Waals surface area contributed by atoms with E-state index in [1.54, 1.807) is 51.1 Å². The van der Waals surface area contributed by atoms with Gasteiger partial charge in [-0.25, -0.2) is 4.79 Å². The second-order valence-corrected chi connectivity index (χ2v) is 88.0. The van der Waals surface area contributed by atoms with Gasteiger partial charge in [-0.05, 0) is 59.9 Å². The molecule has 1 aromatic rings. The predicted octanol–water partition coefficient (Wildman–Crippen LogP) is 13.5. The van der Waals surface area contributed by atoms with Crippen molar-refractivity contribution in [3.63, 3.8) is 0 Å². The number of aliphatic hydroxyl groups is 1. The van der Waals surface area contributed by atoms with Crippen LogP contribution in [-0.2, 0) is 37.6 Å². The van der Waals surface area contributed by atoms with E-state index in [1.807, 2.05) is 6.92 Å². The molecule has 23 atom stereocenters. The molecule has 0 aromatic heterocycles. The fourth-order valence-electron chi connectivity index (χ4n) is 9.21. The number of hydrogen-bond acceptors (Lipinski definition) is 10. The first-order valence-electron chi connectivity index (χ1n) is 17.9. The summed E-state index contributed by atoms with van der Waals surface area (Å²) in [4.78, 5) is 59.1. The second kappa shape index (κ2) is 22.6. The molecule has 1 aromatic carbocycles. The Hall–Kier alpha value is 5.94. The second-order valence-electron chi connectivity index (χ2n) is 15.6. The van der Waals surface area contributed by atoms with Gasteiger partial charge in [0.05, 0.1) is 50.8 Å². The van der Waals surface area contributed by atoms with E-state index < -0.39 is 152 Å². The third-order valence-corrected chi connectivity index (χ3v) is 105. The Morgan fingerprint density at radius 1 is 0.831 bits per heavy atom. The lowest BCUT2D eigenvalue weighted by atomic mass is 9.42. The van der Waals surface area contributed by atoms with E-state index in [0.29, 0.717) is 0 Å². The van der Waals surface area contributed by atoms with Gasteiger partial charge in [0, 0.05) is 45.1 Å². The fourth-order valence-corrected chi connectivity index (χ4v) is 138. The lowest BCUT2D eigenvalue weighted by molar-refractivity contribution is -0.347. The summed E-state index contributed by atoms with van der Waals surface area (Å²) in [6, 6.07) is 8.52. The van der Waals surface area contributed by atoms with Crippen molar-refractivity contribution in [2.24, 2.45) is 28.6 Å². The van der Waals surface area contributed by atoms with Gasteiger partial charge in [-0.3, -0.25) is 14.4 Å². The molecule has 1 saturated heterocycles. The largest absolute Gasteiger partial charge is 0.455 e. The van der Waals surface area contributed by atoms with Crippen LogP contribution in [0.25, 0.3) is 0 Å². The molecule has 0 spiro atoms. The third kappa shape index (κ3) is 11.1. The van der Waals surface area contributed by atoms with Crippen LogP contribution in [0.3, 0.4) is 0 Å². The van der Waals surface area contributed by atoms with Gasteiger partial charge >= 0.3 is 11.9 Å². The summed E-state index contributed by atoms with van der Waals surface area (Å²) in [7, 11) is 30.2. The Morgan fingerprint density at radius 2 is 1.41 bits per heavy atom. The number of carbonyl (C=O) groups excluding carboxylic acids is 4. The summed E-state index contributed by atoms with van der Waals surface area (Å²) >= 11 is 0. The van der Waals surface area contributed by atoms with Crippen LogP contribution in [0.1, 0.15) is 57.8 Å². The monoisotopic (exact) mass is 1180 g/mol. The molecule has 2 bridgehead atoms. The van der Waals surface area contributed by atoms with Crippen molar-refractivity contribution in [1.82, 2.24) is 0 Å². The maximum Gasteiger partial charge on any atom is 0.338 e. The van der Waals surface area contributed by atoms with Crippen LogP contribution in [0.15, 0.2) is 30.3 Å². The number of Topliss-reactive ketones (excluding diaryl/α,β-unsaturated/α-hetero) is 2. The Balaban J connectivity index is 1.82. The van der Waals surface area contributed by atoms with Gasteiger partial charge in [0.15, 0.2) is 5.60 Å². The van der Waals surface area contributed by atoms with Gasteiger partial charge in [0.2, 0.25) is 11.6 Å². The van der Waals surface area contributed by atoms with Crippen molar-refractivity contribution < 1.29 is 47.5 Å². The van der Waals surface area contributed by atoms with Gasteiger partial charge in [-0.2, -0.15) is 0 Å². The summed E-state index contributed by atoms with van der Waals surface area (Å²) in [5.41, 5.74) is -6.33. The molecule has 1 aliphatic heterocycles. The third-order valence-electron chi connectivity index (χ3n) is 12.0. The molecule has 3 saturated carbocycles. The highest BCUT2D eigenvalue weighted by Crippen LogP contribution is 3.17. The first-order chi connectivity index (χ1) is 27.3. The molecule has 5 rings (SSSR count). The minimum absolute atomic E-state index is 0.00211. The maximum absolute atomic E-state index is 15.8. The van der Waals surface area contributed by atoms with E-state index in [9.17, 15) is 14.7 Å². The van der Waals surface area contributed by atoms with E-state index >= 15 is 9.59 Å². The fraction of sp³-hybridized carbons (Fsp3) is 0.655. The van der Waals surface area contributed by atoms with Crippen molar-refractivity contribution in [2.45, 2.75) is 83.1 Å². The van der Waals surface area contributed by atoms with Gasteiger partial charge in [0.1, 0.15) is 17.8 Å². The summed E-state index contributed by atoms with van der Waals surface area (Å²) in [6.45, 7) is 3.79. The predicted molar refractivity (Wildman–Crippen MR) is 301 cm³/mol. The van der Waals surface area contributed by atoms with Crippen LogP contribution < -0.4 is 0 Å². The molecule has 59 heavy (non-hydrogen) atoms. The zero-order valence-electron chi connectivity index (χ0n) is 33.0. The Bertz CT molecular complexity index is 1720. The minimum atomic E-state index is -1.98. The van der Waals surface area contributed by atoms with Crippen LogP contribution >= 0.6 is 162 Å². The molecular weight excluding hydrogens is 1130 g/mol. The molecule has 332 valence electrons. The topological polar surface area (TPSA) is 135 Å². The van der Waals surface area contributed by atoms with E-state index in [-0.39, 0.29) is 25.0 Å². The highest BCUT2D eigenvalue weighted by Gasteiger charge is 2.79. The van der Waals surface area contributed by atoms with Gasteiger partial charge in [-0.15, -0.1) is 89.3 Å². The SMILES string of the molecule is CC(=O)O[C@@]12CO[C@@H]1C[C@H](OP(P(P)P)P(P)P)[C@@]1(C)C(=O)C(=O)C3C(C)[C@@H](OP(P(P)P(P)P)P(P(P)P)P(P)P)CC(O)([C@@H](OC(=O)c4ccccc4)[C@H]21)C3(C)C. The van der Waals surface area contributed by atoms with E-state index in [1.165, 1.54) is 6.92 Å². The summed E-state index contributed by atoms with van der Waals surface area (Å²) in [5, 5.41) is 14.0. The molecular formula is C29H56O10P20. The molecule has 3 aliphatic carbocycles. The summed E-state index contributed by atoms with van der Waals surface area (Å²) in [5.74, 6) is -5.41. The van der Waals surface area contributed by atoms with Crippen LogP contribution in [-0.4, -0.2) is 70.8 Å². The average molecular weight is 1180 g/mol. The zero-order valence-corrected chi connectivity index (χ0v) is 53.8. The molecule has 4 aliphatic rings.